The van der Waals surface area contributed by atoms with Crippen LogP contribution < -0.4 is 10.6 Å². The minimum atomic E-state index is -0.377. The maximum Gasteiger partial charge on any atom is 0.325 e. The molecule has 2 aromatic heterocycles. The molecule has 0 radical (unpaired) electrons. The SMILES string of the molecule is O=C1NCCN1C(=O)NC[C@@H](c1ccsc1)n1cccn1. The van der Waals surface area contributed by atoms with Crippen LogP contribution >= 0.6 is 11.3 Å². The Morgan fingerprint density at radius 2 is 2.48 bits per heavy atom. The zero-order valence-corrected chi connectivity index (χ0v) is 12.0. The highest BCUT2D eigenvalue weighted by molar-refractivity contribution is 7.07. The third-order valence-corrected chi connectivity index (χ3v) is 4.02. The predicted octanol–water partition coefficient (Wildman–Crippen LogP) is 1.27. The topological polar surface area (TPSA) is 79.3 Å². The van der Waals surface area contributed by atoms with Crippen LogP contribution in [0.5, 0.6) is 0 Å². The molecule has 1 aliphatic heterocycles. The highest BCUT2D eigenvalue weighted by atomic mass is 32.1. The van der Waals surface area contributed by atoms with Crippen molar-refractivity contribution in [1.29, 1.82) is 0 Å². The van der Waals surface area contributed by atoms with E-state index in [9.17, 15) is 9.59 Å². The number of rotatable bonds is 4. The molecule has 1 fully saturated rings. The van der Waals surface area contributed by atoms with Gasteiger partial charge in [0.05, 0.1) is 6.04 Å². The van der Waals surface area contributed by atoms with Crippen molar-refractivity contribution in [2.24, 2.45) is 0 Å². The normalized spacial score (nSPS) is 15.8. The van der Waals surface area contributed by atoms with Gasteiger partial charge in [-0.15, -0.1) is 0 Å². The fraction of sp³-hybridized carbons (Fsp3) is 0.308. The highest BCUT2D eigenvalue weighted by Crippen LogP contribution is 2.19. The smallest absolute Gasteiger partial charge is 0.325 e. The van der Waals surface area contributed by atoms with E-state index in [0.29, 0.717) is 19.6 Å². The summed E-state index contributed by atoms with van der Waals surface area (Å²) in [4.78, 5) is 24.7. The summed E-state index contributed by atoms with van der Waals surface area (Å²) in [6.45, 7) is 1.27. The number of amides is 4. The van der Waals surface area contributed by atoms with E-state index in [2.05, 4.69) is 15.7 Å². The lowest BCUT2D eigenvalue weighted by Gasteiger charge is -2.19. The van der Waals surface area contributed by atoms with Crippen LogP contribution in [0.3, 0.4) is 0 Å². The van der Waals surface area contributed by atoms with Gasteiger partial charge in [-0.05, 0) is 28.5 Å². The van der Waals surface area contributed by atoms with Gasteiger partial charge < -0.3 is 10.6 Å². The maximum absolute atomic E-state index is 12.0. The molecule has 1 atom stereocenters. The number of urea groups is 2. The first-order chi connectivity index (χ1) is 10.3. The minimum Gasteiger partial charge on any atom is -0.336 e. The molecule has 21 heavy (non-hydrogen) atoms. The van der Waals surface area contributed by atoms with E-state index < -0.39 is 0 Å². The Hall–Kier alpha value is -2.35. The fourth-order valence-electron chi connectivity index (χ4n) is 2.24. The predicted molar refractivity (Wildman–Crippen MR) is 78.2 cm³/mol. The van der Waals surface area contributed by atoms with Gasteiger partial charge in [-0.1, -0.05) is 0 Å². The van der Waals surface area contributed by atoms with Crippen molar-refractivity contribution in [3.8, 4) is 0 Å². The van der Waals surface area contributed by atoms with E-state index in [1.54, 1.807) is 22.2 Å². The highest BCUT2D eigenvalue weighted by Gasteiger charge is 2.26. The summed E-state index contributed by atoms with van der Waals surface area (Å²) < 4.78 is 1.80. The summed E-state index contributed by atoms with van der Waals surface area (Å²) in [7, 11) is 0. The number of nitrogens with zero attached hydrogens (tertiary/aromatic N) is 3. The number of thiophene rings is 1. The van der Waals surface area contributed by atoms with Crippen molar-refractivity contribution in [1.82, 2.24) is 25.3 Å². The Bertz CT molecular complexity index is 576. The van der Waals surface area contributed by atoms with Crippen molar-refractivity contribution in [2.45, 2.75) is 6.04 Å². The number of hydrogen-bond acceptors (Lipinski definition) is 4. The third-order valence-electron chi connectivity index (χ3n) is 3.32. The van der Waals surface area contributed by atoms with Crippen LogP contribution in [0.2, 0.25) is 0 Å². The van der Waals surface area contributed by atoms with Crippen molar-refractivity contribution < 1.29 is 9.59 Å². The van der Waals surface area contributed by atoms with Gasteiger partial charge >= 0.3 is 12.1 Å². The van der Waals surface area contributed by atoms with Gasteiger partial charge in [0.1, 0.15) is 0 Å². The van der Waals surface area contributed by atoms with Crippen LogP contribution in [0, 0.1) is 0 Å². The van der Waals surface area contributed by atoms with Gasteiger partial charge in [0.15, 0.2) is 0 Å². The fourth-order valence-corrected chi connectivity index (χ4v) is 2.95. The Kier molecular flexibility index (Phi) is 3.87. The molecule has 7 nitrogen and oxygen atoms in total. The molecule has 1 aliphatic rings. The lowest BCUT2D eigenvalue weighted by Crippen LogP contribution is -2.43. The Labute approximate surface area is 125 Å². The van der Waals surface area contributed by atoms with Gasteiger partial charge in [0.2, 0.25) is 0 Å². The first kappa shape index (κ1) is 13.6. The number of carbonyl (C=O) groups excluding carboxylic acids is 2. The molecule has 2 N–H and O–H groups in total. The van der Waals surface area contributed by atoms with E-state index in [0.717, 1.165) is 5.56 Å². The van der Waals surface area contributed by atoms with Crippen LogP contribution in [0.4, 0.5) is 9.59 Å². The van der Waals surface area contributed by atoms with Gasteiger partial charge in [-0.3, -0.25) is 4.68 Å². The van der Waals surface area contributed by atoms with Gasteiger partial charge in [-0.25, -0.2) is 14.5 Å². The first-order valence-corrected chi connectivity index (χ1v) is 7.54. The second-order valence-electron chi connectivity index (χ2n) is 4.63. The average molecular weight is 305 g/mol. The number of nitrogens with one attached hydrogen (secondary N) is 2. The molecule has 0 aliphatic carbocycles. The number of hydrogen-bond donors (Lipinski definition) is 2. The summed E-state index contributed by atoms with van der Waals surface area (Å²) in [6, 6.07) is 3.04. The molecule has 2 aromatic rings. The number of aromatic nitrogens is 2. The number of carbonyl (C=O) groups is 2. The van der Waals surface area contributed by atoms with Gasteiger partial charge in [-0.2, -0.15) is 16.4 Å². The number of imide groups is 1. The van der Waals surface area contributed by atoms with Crippen molar-refractivity contribution in [2.75, 3.05) is 19.6 Å². The largest absolute Gasteiger partial charge is 0.336 e. The van der Waals surface area contributed by atoms with Crippen LogP contribution in [-0.2, 0) is 0 Å². The van der Waals surface area contributed by atoms with E-state index >= 15 is 0 Å². The second kappa shape index (κ2) is 5.96. The van der Waals surface area contributed by atoms with Gasteiger partial charge in [0, 0.05) is 32.0 Å². The lowest BCUT2D eigenvalue weighted by molar-refractivity contribution is 0.198. The zero-order valence-electron chi connectivity index (χ0n) is 11.2. The van der Waals surface area contributed by atoms with E-state index in [1.165, 1.54) is 4.90 Å². The molecule has 8 heteroatoms. The molecule has 3 rings (SSSR count). The summed E-state index contributed by atoms with van der Waals surface area (Å²) in [5.74, 6) is 0. The van der Waals surface area contributed by atoms with Crippen LogP contribution in [0.25, 0.3) is 0 Å². The van der Waals surface area contributed by atoms with Crippen LogP contribution in [-0.4, -0.2) is 46.4 Å². The molecular formula is C13H15N5O2S. The Morgan fingerprint density at radius 1 is 1.57 bits per heavy atom. The molecule has 110 valence electrons. The Balaban J connectivity index is 1.68. The first-order valence-electron chi connectivity index (χ1n) is 6.60. The van der Waals surface area contributed by atoms with Crippen molar-refractivity contribution in [3.05, 3.63) is 40.8 Å². The molecule has 3 heterocycles. The quantitative estimate of drug-likeness (QED) is 0.893. The summed E-state index contributed by atoms with van der Waals surface area (Å²) in [5.41, 5.74) is 1.08. The Morgan fingerprint density at radius 3 is 3.10 bits per heavy atom. The molecule has 0 aromatic carbocycles. The third kappa shape index (κ3) is 2.89. The molecular weight excluding hydrogens is 290 g/mol. The molecule has 4 amide bonds. The lowest BCUT2D eigenvalue weighted by atomic mass is 10.1. The van der Waals surface area contributed by atoms with E-state index in [1.807, 2.05) is 29.1 Å². The van der Waals surface area contributed by atoms with Crippen LogP contribution in [0.15, 0.2) is 35.3 Å². The molecule has 0 saturated carbocycles. The summed E-state index contributed by atoms with van der Waals surface area (Å²) in [5, 5.41) is 13.7. The summed E-state index contributed by atoms with van der Waals surface area (Å²) in [6.07, 6.45) is 3.56. The minimum absolute atomic E-state index is 0.0825. The standard InChI is InChI=1S/C13H15N5O2S/c19-12-14-4-6-17(12)13(20)15-8-11(10-2-7-21-9-10)18-5-1-3-16-18/h1-3,5,7,9,11H,4,6,8H2,(H,14,19)(H,15,20)/t11-/m0/s1. The molecule has 0 unspecified atom stereocenters. The average Bonchev–Trinajstić information content (AvgIpc) is 3.21. The van der Waals surface area contributed by atoms with Crippen molar-refractivity contribution in [3.63, 3.8) is 0 Å². The molecule has 0 bridgehead atoms. The van der Waals surface area contributed by atoms with Gasteiger partial charge in [0.25, 0.3) is 0 Å². The maximum atomic E-state index is 12.0. The van der Waals surface area contributed by atoms with E-state index in [-0.39, 0.29) is 18.1 Å². The monoisotopic (exact) mass is 305 g/mol. The van der Waals surface area contributed by atoms with Crippen molar-refractivity contribution >= 4 is 23.4 Å². The molecule has 0 spiro atoms. The van der Waals surface area contributed by atoms with E-state index in [4.69, 9.17) is 0 Å². The molecule has 1 saturated heterocycles. The zero-order chi connectivity index (χ0) is 14.7. The second-order valence-corrected chi connectivity index (χ2v) is 5.41. The van der Waals surface area contributed by atoms with Crippen LogP contribution in [0.1, 0.15) is 11.6 Å². The summed E-state index contributed by atoms with van der Waals surface area (Å²) >= 11 is 1.60.